The molecule has 2 atom stereocenters. The standard InChI is InChI=1S/C19H18ClFI2N4O3/c1-8-4-24-13(5-25(8)22)18(28)26(10-6-30-7-10)17-16(24)11-3-12(20)9(2)14(21)15(11)27(23)19(17)29/h3,8,10,13H,4-7H2,1-2H3. The first-order valence-corrected chi connectivity index (χ1v) is 11.9. The number of amides is 1. The van der Waals surface area contributed by atoms with Gasteiger partial charge in [0, 0.05) is 58.0 Å². The summed E-state index contributed by atoms with van der Waals surface area (Å²) in [4.78, 5) is 30.6. The van der Waals surface area contributed by atoms with Crippen molar-refractivity contribution in [2.75, 3.05) is 36.1 Å². The molecule has 11 heteroatoms. The average molecular weight is 659 g/mol. The number of anilines is 2. The summed E-state index contributed by atoms with van der Waals surface area (Å²) < 4.78 is 24.0. The number of hydrogen-bond donors (Lipinski definition) is 0. The lowest BCUT2D eigenvalue weighted by Gasteiger charge is -2.51. The van der Waals surface area contributed by atoms with Crippen molar-refractivity contribution in [1.82, 2.24) is 5.89 Å². The van der Waals surface area contributed by atoms with Crippen molar-refractivity contribution in [3.63, 3.8) is 0 Å². The van der Waals surface area contributed by atoms with Gasteiger partial charge in [0.2, 0.25) is 0 Å². The highest BCUT2D eigenvalue weighted by atomic mass is 127. The van der Waals surface area contributed by atoms with E-state index in [-0.39, 0.29) is 23.5 Å². The smallest absolute Gasteiger partial charge is 0.286 e. The molecule has 160 valence electrons. The van der Waals surface area contributed by atoms with Crippen LogP contribution in [0.1, 0.15) is 12.5 Å². The molecule has 0 aliphatic carbocycles. The molecule has 0 radical (unpaired) electrons. The van der Waals surface area contributed by atoms with Crippen LogP contribution in [-0.2, 0) is 9.53 Å². The molecule has 0 saturated carbocycles. The Morgan fingerprint density at radius 3 is 2.53 bits per heavy atom. The fraction of sp³-hybridized carbons (Fsp3) is 0.474. The van der Waals surface area contributed by atoms with Gasteiger partial charge in [-0.15, -0.1) is 0 Å². The van der Waals surface area contributed by atoms with Crippen LogP contribution < -0.4 is 15.4 Å². The minimum atomic E-state index is -0.514. The van der Waals surface area contributed by atoms with Crippen molar-refractivity contribution in [2.45, 2.75) is 32.0 Å². The first-order chi connectivity index (χ1) is 14.2. The number of ether oxygens (including phenoxy) is 1. The molecule has 4 heterocycles. The number of aromatic nitrogens is 1. The van der Waals surface area contributed by atoms with Crippen molar-refractivity contribution in [3.8, 4) is 0 Å². The van der Waals surface area contributed by atoms with E-state index in [1.54, 1.807) is 17.9 Å². The molecular weight excluding hydrogens is 640 g/mol. The number of pyridine rings is 1. The van der Waals surface area contributed by atoms with Gasteiger partial charge in [-0.2, -0.15) is 0 Å². The van der Waals surface area contributed by atoms with E-state index in [1.165, 1.54) is 2.78 Å². The highest BCUT2D eigenvalue weighted by Crippen LogP contribution is 2.45. The molecule has 2 saturated heterocycles. The predicted octanol–water partition coefficient (Wildman–Crippen LogP) is 3.28. The van der Waals surface area contributed by atoms with Crippen LogP contribution in [-0.4, -0.2) is 56.2 Å². The third-order valence-electron chi connectivity index (χ3n) is 6.18. The van der Waals surface area contributed by atoms with Crippen molar-refractivity contribution in [1.29, 1.82) is 0 Å². The number of nitrogens with zero attached hydrogens (tertiary/aromatic N) is 4. The normalized spacial score (nSPS) is 24.8. The van der Waals surface area contributed by atoms with Crippen LogP contribution in [0, 0.1) is 12.7 Å². The third kappa shape index (κ3) is 2.86. The van der Waals surface area contributed by atoms with Crippen molar-refractivity contribution >= 4 is 85.5 Å². The van der Waals surface area contributed by atoms with E-state index in [9.17, 15) is 9.59 Å². The number of carbonyl (C=O) groups excluding carboxylic acids is 1. The van der Waals surface area contributed by atoms with Crippen LogP contribution >= 0.6 is 57.3 Å². The quantitative estimate of drug-likeness (QED) is 0.348. The van der Waals surface area contributed by atoms with Gasteiger partial charge in [-0.1, -0.05) is 11.6 Å². The molecule has 2 aromatic rings. The molecule has 0 spiro atoms. The number of fused-ring (bicyclic) bond motifs is 5. The molecule has 2 fully saturated rings. The number of benzene rings is 1. The second kappa shape index (κ2) is 7.42. The van der Waals surface area contributed by atoms with Gasteiger partial charge in [0.1, 0.15) is 11.7 Å². The van der Waals surface area contributed by atoms with Gasteiger partial charge in [-0.25, -0.2) is 10.3 Å². The Hall–Kier alpha value is -0.700. The zero-order valence-corrected chi connectivity index (χ0v) is 21.2. The van der Waals surface area contributed by atoms with Crippen molar-refractivity contribution in [2.24, 2.45) is 0 Å². The second-order valence-corrected chi connectivity index (χ2v) is 10.6. The summed E-state index contributed by atoms with van der Waals surface area (Å²) in [6, 6.07) is 1.21. The summed E-state index contributed by atoms with van der Waals surface area (Å²) >= 11 is 10.4. The Balaban J connectivity index is 1.89. The number of halogens is 4. The summed E-state index contributed by atoms with van der Waals surface area (Å²) in [5, 5.41) is 0.841. The largest absolute Gasteiger partial charge is 0.377 e. The summed E-state index contributed by atoms with van der Waals surface area (Å²) in [5.41, 5.74) is 0.981. The number of carbonyl (C=O) groups is 1. The highest BCUT2D eigenvalue weighted by molar-refractivity contribution is 14.1. The molecule has 0 N–H and O–H groups in total. The van der Waals surface area contributed by atoms with E-state index >= 15 is 4.39 Å². The van der Waals surface area contributed by atoms with Crippen LogP contribution in [0.25, 0.3) is 10.9 Å². The van der Waals surface area contributed by atoms with Crippen molar-refractivity contribution in [3.05, 3.63) is 32.8 Å². The summed E-state index contributed by atoms with van der Waals surface area (Å²) in [5.74, 6) is -0.629. The molecule has 30 heavy (non-hydrogen) atoms. The Morgan fingerprint density at radius 2 is 1.90 bits per heavy atom. The zero-order chi connectivity index (χ0) is 21.5. The Bertz CT molecular complexity index is 1160. The Labute approximate surface area is 205 Å². The van der Waals surface area contributed by atoms with E-state index in [1.807, 2.05) is 27.8 Å². The number of hydrogen-bond acceptors (Lipinski definition) is 5. The summed E-state index contributed by atoms with van der Waals surface area (Å²) in [6.45, 7) is 5.49. The molecule has 1 amide bonds. The lowest BCUT2D eigenvalue weighted by molar-refractivity contribution is -0.123. The second-order valence-electron chi connectivity index (χ2n) is 7.98. The van der Waals surface area contributed by atoms with Gasteiger partial charge >= 0.3 is 0 Å². The monoisotopic (exact) mass is 658 g/mol. The van der Waals surface area contributed by atoms with Gasteiger partial charge in [-0.3, -0.25) is 14.5 Å². The van der Waals surface area contributed by atoms with Crippen molar-refractivity contribution < 1.29 is 13.9 Å². The first-order valence-electron chi connectivity index (χ1n) is 9.55. The molecule has 1 aromatic heterocycles. The lowest BCUT2D eigenvalue weighted by atomic mass is 9.97. The molecule has 3 aliphatic heterocycles. The van der Waals surface area contributed by atoms with E-state index in [2.05, 4.69) is 32.9 Å². The maximum atomic E-state index is 15.3. The minimum absolute atomic E-state index is 0.115. The van der Waals surface area contributed by atoms with Gasteiger partial charge in [0.25, 0.3) is 11.5 Å². The Kier molecular flexibility index (Phi) is 5.24. The van der Waals surface area contributed by atoms with Gasteiger partial charge < -0.3 is 9.64 Å². The minimum Gasteiger partial charge on any atom is -0.377 e. The Morgan fingerprint density at radius 1 is 1.20 bits per heavy atom. The predicted molar refractivity (Wildman–Crippen MR) is 131 cm³/mol. The molecule has 0 bridgehead atoms. The van der Waals surface area contributed by atoms with Crippen LogP contribution in [0.5, 0.6) is 0 Å². The number of piperazine rings is 1. The van der Waals surface area contributed by atoms with Crippen LogP contribution in [0.2, 0.25) is 5.02 Å². The molecular formula is C19H18ClFI2N4O3. The molecule has 7 nitrogen and oxygen atoms in total. The number of rotatable bonds is 1. The molecule has 3 aliphatic rings. The highest BCUT2D eigenvalue weighted by Gasteiger charge is 2.49. The van der Waals surface area contributed by atoms with Gasteiger partial charge in [0.15, 0.2) is 5.82 Å². The molecule has 1 aromatic carbocycles. The van der Waals surface area contributed by atoms with Crippen LogP contribution in [0.4, 0.5) is 15.8 Å². The zero-order valence-electron chi connectivity index (χ0n) is 16.2. The topological polar surface area (TPSA) is 58.0 Å². The molecule has 5 rings (SSSR count). The summed E-state index contributed by atoms with van der Waals surface area (Å²) in [7, 11) is 0. The van der Waals surface area contributed by atoms with E-state index < -0.39 is 17.4 Å². The van der Waals surface area contributed by atoms with E-state index in [4.69, 9.17) is 16.3 Å². The maximum Gasteiger partial charge on any atom is 0.286 e. The van der Waals surface area contributed by atoms with E-state index in [0.29, 0.717) is 53.7 Å². The van der Waals surface area contributed by atoms with E-state index in [0.717, 1.165) is 0 Å². The first kappa shape index (κ1) is 21.2. The summed E-state index contributed by atoms with van der Waals surface area (Å²) in [6.07, 6.45) is 0. The fourth-order valence-electron chi connectivity index (χ4n) is 4.42. The maximum absolute atomic E-state index is 15.3. The fourth-order valence-corrected chi connectivity index (χ4v) is 5.86. The van der Waals surface area contributed by atoms with Crippen LogP contribution in [0.15, 0.2) is 10.9 Å². The van der Waals surface area contributed by atoms with Crippen LogP contribution in [0.3, 0.4) is 0 Å². The molecule has 2 unspecified atom stereocenters. The SMILES string of the molecule is Cc1c(Cl)cc2c3c(c(=O)n(I)c2c1F)N(C1COC1)C(=O)C1CN(I)C(C)CN31. The van der Waals surface area contributed by atoms with Gasteiger partial charge in [-0.05, 0) is 19.9 Å². The van der Waals surface area contributed by atoms with Gasteiger partial charge in [0.05, 0.1) is 53.3 Å². The average Bonchev–Trinajstić information content (AvgIpc) is 2.66. The lowest BCUT2D eigenvalue weighted by Crippen LogP contribution is -2.67. The third-order valence-corrected chi connectivity index (χ3v) is 8.84.